The molecule has 0 saturated carbocycles. The van der Waals surface area contributed by atoms with Crippen molar-refractivity contribution in [3.05, 3.63) is 39.2 Å². The van der Waals surface area contributed by atoms with E-state index in [4.69, 9.17) is 11.6 Å². The van der Waals surface area contributed by atoms with Gasteiger partial charge in [0.15, 0.2) is 0 Å². The second-order valence-corrected chi connectivity index (χ2v) is 4.68. The van der Waals surface area contributed by atoms with Crippen LogP contribution in [0, 0.1) is 6.92 Å². The van der Waals surface area contributed by atoms with E-state index >= 15 is 0 Å². The minimum atomic E-state index is 0.593. The normalized spacial score (nSPS) is 10.4. The molecule has 4 nitrogen and oxygen atoms in total. The fourth-order valence-corrected chi connectivity index (χ4v) is 1.97. The maximum Gasteiger partial charge on any atom is 0.145 e. The Morgan fingerprint density at radius 1 is 1.50 bits per heavy atom. The predicted octanol–water partition coefficient (Wildman–Crippen LogP) is 3.14. The van der Waals surface area contributed by atoms with Gasteiger partial charge in [0, 0.05) is 28.5 Å². The van der Waals surface area contributed by atoms with E-state index in [9.17, 15) is 0 Å². The van der Waals surface area contributed by atoms with E-state index in [0.717, 1.165) is 15.7 Å². The Hall–Kier alpha value is -1.07. The van der Waals surface area contributed by atoms with Crippen molar-refractivity contribution in [2.75, 3.05) is 5.32 Å². The fraction of sp³-hybridized carbons (Fsp3) is 0.200. The van der Waals surface area contributed by atoms with Crippen LogP contribution in [-0.2, 0) is 6.54 Å². The van der Waals surface area contributed by atoms with E-state index in [1.54, 1.807) is 18.5 Å². The van der Waals surface area contributed by atoms with E-state index < -0.39 is 0 Å². The number of aromatic amines is 1. The molecule has 0 aliphatic carbocycles. The molecule has 0 saturated heterocycles. The molecule has 2 aromatic heterocycles. The molecule has 2 aromatic rings. The van der Waals surface area contributed by atoms with E-state index in [1.807, 2.05) is 6.92 Å². The highest BCUT2D eigenvalue weighted by molar-refractivity contribution is 9.10. The number of nitrogens with one attached hydrogen (secondary N) is 2. The van der Waals surface area contributed by atoms with Crippen molar-refractivity contribution in [3.8, 4) is 0 Å². The highest BCUT2D eigenvalue weighted by atomic mass is 79.9. The molecule has 84 valence electrons. The van der Waals surface area contributed by atoms with E-state index in [-0.39, 0.29) is 0 Å². The van der Waals surface area contributed by atoms with Crippen LogP contribution in [0.4, 0.5) is 5.82 Å². The van der Waals surface area contributed by atoms with Crippen LogP contribution in [0.1, 0.15) is 11.3 Å². The molecule has 0 spiro atoms. The first-order valence-corrected chi connectivity index (χ1v) is 5.87. The van der Waals surface area contributed by atoms with Crippen LogP contribution in [0.25, 0.3) is 0 Å². The molecule has 16 heavy (non-hydrogen) atoms. The Bertz CT molecular complexity index is 497. The summed E-state index contributed by atoms with van der Waals surface area (Å²) < 4.78 is 0.863. The van der Waals surface area contributed by atoms with Gasteiger partial charge in [0.2, 0.25) is 0 Å². The predicted molar refractivity (Wildman–Crippen MR) is 67.6 cm³/mol. The molecule has 6 heteroatoms. The standard InChI is InChI=1S/C10H10BrClN4/c1-6-7(4-15-16-6)3-13-10-9(12)2-8(11)5-14-10/h2,4-5H,3H2,1H3,(H,13,14)(H,15,16). The number of hydrogen-bond donors (Lipinski definition) is 2. The van der Waals surface area contributed by atoms with Gasteiger partial charge < -0.3 is 5.32 Å². The summed E-state index contributed by atoms with van der Waals surface area (Å²) in [6.45, 7) is 2.62. The molecule has 0 aliphatic heterocycles. The Labute approximate surface area is 107 Å². The third kappa shape index (κ3) is 2.54. The van der Waals surface area contributed by atoms with Crippen molar-refractivity contribution < 1.29 is 0 Å². The van der Waals surface area contributed by atoms with Crippen molar-refractivity contribution in [2.24, 2.45) is 0 Å². The number of H-pyrrole nitrogens is 1. The van der Waals surface area contributed by atoms with Crippen LogP contribution in [0.3, 0.4) is 0 Å². The Balaban J connectivity index is 2.08. The fourth-order valence-electron chi connectivity index (χ4n) is 1.28. The summed E-state index contributed by atoms with van der Waals surface area (Å²) in [5, 5.41) is 10.6. The van der Waals surface area contributed by atoms with Gasteiger partial charge in [-0.25, -0.2) is 4.98 Å². The Morgan fingerprint density at radius 2 is 2.31 bits per heavy atom. The smallest absolute Gasteiger partial charge is 0.145 e. The van der Waals surface area contributed by atoms with Crippen molar-refractivity contribution in [2.45, 2.75) is 13.5 Å². The third-order valence-electron chi connectivity index (χ3n) is 2.19. The van der Waals surface area contributed by atoms with Crippen LogP contribution < -0.4 is 5.32 Å². The number of aryl methyl sites for hydroxylation is 1. The molecule has 0 unspecified atom stereocenters. The maximum atomic E-state index is 6.03. The number of pyridine rings is 1. The lowest BCUT2D eigenvalue weighted by molar-refractivity contribution is 1.04. The van der Waals surface area contributed by atoms with Gasteiger partial charge in [-0.15, -0.1) is 0 Å². The van der Waals surface area contributed by atoms with E-state index in [1.165, 1.54) is 0 Å². The molecular formula is C10H10BrClN4. The van der Waals surface area contributed by atoms with Crippen LogP contribution >= 0.6 is 27.5 Å². The first-order chi connectivity index (χ1) is 7.66. The summed E-state index contributed by atoms with van der Waals surface area (Å²) in [7, 11) is 0. The molecule has 2 rings (SSSR count). The molecule has 0 aromatic carbocycles. The van der Waals surface area contributed by atoms with Crippen LogP contribution in [0.15, 0.2) is 22.9 Å². The van der Waals surface area contributed by atoms with Gasteiger partial charge in [-0.3, -0.25) is 5.10 Å². The highest BCUT2D eigenvalue weighted by Gasteiger charge is 2.04. The van der Waals surface area contributed by atoms with Crippen LogP contribution in [-0.4, -0.2) is 15.2 Å². The Morgan fingerprint density at radius 3 is 2.94 bits per heavy atom. The van der Waals surface area contributed by atoms with E-state index in [0.29, 0.717) is 17.4 Å². The van der Waals surface area contributed by atoms with Crippen molar-refractivity contribution in [3.63, 3.8) is 0 Å². The van der Waals surface area contributed by atoms with Gasteiger partial charge >= 0.3 is 0 Å². The lowest BCUT2D eigenvalue weighted by Crippen LogP contribution is -2.02. The Kier molecular flexibility index (Phi) is 3.46. The van der Waals surface area contributed by atoms with Crippen molar-refractivity contribution >= 4 is 33.3 Å². The zero-order valence-corrected chi connectivity index (χ0v) is 10.9. The number of anilines is 1. The molecule has 2 N–H and O–H groups in total. The average molecular weight is 302 g/mol. The highest BCUT2D eigenvalue weighted by Crippen LogP contribution is 2.23. The SMILES string of the molecule is Cc1[nH]ncc1CNc1ncc(Br)cc1Cl. The summed E-state index contributed by atoms with van der Waals surface area (Å²) in [5.74, 6) is 0.672. The molecule has 0 atom stereocenters. The lowest BCUT2D eigenvalue weighted by Gasteiger charge is -2.06. The summed E-state index contributed by atoms with van der Waals surface area (Å²) in [6, 6.07) is 1.80. The number of nitrogens with zero attached hydrogens (tertiary/aromatic N) is 2. The van der Waals surface area contributed by atoms with Crippen molar-refractivity contribution in [1.29, 1.82) is 0 Å². The molecular weight excluding hydrogens is 291 g/mol. The molecule has 0 bridgehead atoms. The van der Waals surface area contributed by atoms with Gasteiger partial charge in [0.1, 0.15) is 5.82 Å². The van der Waals surface area contributed by atoms with Gasteiger partial charge in [-0.05, 0) is 28.9 Å². The summed E-state index contributed by atoms with van der Waals surface area (Å²) in [5.41, 5.74) is 2.14. The number of aromatic nitrogens is 3. The minimum absolute atomic E-state index is 0.593. The van der Waals surface area contributed by atoms with Crippen molar-refractivity contribution in [1.82, 2.24) is 15.2 Å². The number of rotatable bonds is 3. The minimum Gasteiger partial charge on any atom is -0.365 e. The third-order valence-corrected chi connectivity index (χ3v) is 2.91. The summed E-state index contributed by atoms with van der Waals surface area (Å²) in [4.78, 5) is 4.19. The monoisotopic (exact) mass is 300 g/mol. The van der Waals surface area contributed by atoms with Gasteiger partial charge in [0.05, 0.1) is 11.2 Å². The number of hydrogen-bond acceptors (Lipinski definition) is 3. The summed E-state index contributed by atoms with van der Waals surface area (Å²) in [6.07, 6.45) is 3.49. The van der Waals surface area contributed by atoms with Crippen LogP contribution in [0.5, 0.6) is 0 Å². The zero-order valence-electron chi connectivity index (χ0n) is 8.59. The summed E-state index contributed by atoms with van der Waals surface area (Å²) >= 11 is 9.34. The lowest BCUT2D eigenvalue weighted by atomic mass is 10.2. The molecule has 0 aliphatic rings. The number of halogens is 2. The average Bonchev–Trinajstić information content (AvgIpc) is 2.63. The maximum absolute atomic E-state index is 6.03. The van der Waals surface area contributed by atoms with Gasteiger partial charge in [0.25, 0.3) is 0 Å². The van der Waals surface area contributed by atoms with E-state index in [2.05, 4.69) is 36.4 Å². The van der Waals surface area contributed by atoms with Gasteiger partial charge in [-0.2, -0.15) is 5.10 Å². The molecule has 0 radical (unpaired) electrons. The zero-order chi connectivity index (χ0) is 11.5. The first-order valence-electron chi connectivity index (χ1n) is 4.70. The largest absolute Gasteiger partial charge is 0.365 e. The second kappa shape index (κ2) is 4.84. The molecule has 0 fully saturated rings. The first kappa shape index (κ1) is 11.4. The second-order valence-electron chi connectivity index (χ2n) is 3.36. The molecule has 2 heterocycles. The quantitative estimate of drug-likeness (QED) is 0.915. The van der Waals surface area contributed by atoms with Gasteiger partial charge in [-0.1, -0.05) is 11.6 Å². The topological polar surface area (TPSA) is 53.6 Å². The molecule has 0 amide bonds. The van der Waals surface area contributed by atoms with Crippen LogP contribution in [0.2, 0.25) is 5.02 Å².